The fourth-order valence-electron chi connectivity index (χ4n) is 2.48. The van der Waals surface area contributed by atoms with Crippen LogP contribution in [0, 0.1) is 12.8 Å². The molecule has 19 heavy (non-hydrogen) atoms. The largest absolute Gasteiger partial charge is 0.493 e. The predicted molar refractivity (Wildman–Crippen MR) is 75.7 cm³/mol. The van der Waals surface area contributed by atoms with Gasteiger partial charge in [-0.1, -0.05) is 18.2 Å². The van der Waals surface area contributed by atoms with Crippen LogP contribution in [-0.4, -0.2) is 22.8 Å². The number of rotatable bonds is 3. The van der Waals surface area contributed by atoms with Crippen molar-refractivity contribution in [2.75, 3.05) is 6.61 Å². The molecule has 0 saturated heterocycles. The van der Waals surface area contributed by atoms with E-state index in [0.717, 1.165) is 22.9 Å². The van der Waals surface area contributed by atoms with Gasteiger partial charge in [-0.3, -0.25) is 0 Å². The molecule has 2 heterocycles. The Hall–Kier alpha value is -1.39. The van der Waals surface area contributed by atoms with Gasteiger partial charge in [0.25, 0.3) is 0 Å². The maximum absolute atomic E-state index is 10.3. The summed E-state index contributed by atoms with van der Waals surface area (Å²) in [5, 5.41) is 13.4. The summed E-state index contributed by atoms with van der Waals surface area (Å²) in [5.74, 6) is 1.10. The zero-order valence-corrected chi connectivity index (χ0v) is 11.7. The summed E-state index contributed by atoms with van der Waals surface area (Å²) in [4.78, 5) is 4.41. The Morgan fingerprint density at radius 1 is 1.47 bits per heavy atom. The molecule has 1 N–H and O–H groups in total. The van der Waals surface area contributed by atoms with Crippen LogP contribution in [0.25, 0.3) is 0 Å². The van der Waals surface area contributed by atoms with Crippen LogP contribution in [0.15, 0.2) is 29.6 Å². The molecule has 3 rings (SSSR count). The normalized spacial score (nSPS) is 19.6. The minimum Gasteiger partial charge on any atom is -0.493 e. The van der Waals surface area contributed by atoms with Gasteiger partial charge in [0.1, 0.15) is 5.75 Å². The van der Waals surface area contributed by atoms with Crippen molar-refractivity contribution >= 4 is 11.3 Å². The number of fused-ring (bicyclic) bond motifs is 1. The summed E-state index contributed by atoms with van der Waals surface area (Å²) in [6, 6.07) is 8.05. The molecule has 1 aliphatic heterocycles. The second-order valence-electron chi connectivity index (χ2n) is 5.01. The number of nitrogens with zero attached hydrogens (tertiary/aromatic N) is 1. The van der Waals surface area contributed by atoms with Gasteiger partial charge in [0.2, 0.25) is 0 Å². The van der Waals surface area contributed by atoms with Crippen molar-refractivity contribution in [2.45, 2.75) is 25.9 Å². The number of aliphatic hydroxyl groups excluding tert-OH is 1. The second-order valence-corrected chi connectivity index (χ2v) is 6.07. The van der Waals surface area contributed by atoms with E-state index in [1.807, 2.05) is 30.5 Å². The zero-order chi connectivity index (χ0) is 13.2. The molecule has 0 saturated carbocycles. The van der Waals surface area contributed by atoms with Gasteiger partial charge in [-0.2, -0.15) is 0 Å². The molecule has 0 aliphatic carbocycles. The Labute approximate surface area is 116 Å². The van der Waals surface area contributed by atoms with Crippen molar-refractivity contribution in [1.29, 1.82) is 0 Å². The lowest BCUT2D eigenvalue weighted by Gasteiger charge is -2.28. The third kappa shape index (κ3) is 2.80. The number of hydrogen-bond donors (Lipinski definition) is 1. The molecule has 1 aromatic heterocycles. The Bertz CT molecular complexity index is 567. The van der Waals surface area contributed by atoms with Crippen molar-refractivity contribution < 1.29 is 9.84 Å². The number of ether oxygens (including phenoxy) is 1. The van der Waals surface area contributed by atoms with Crippen LogP contribution < -0.4 is 4.74 Å². The van der Waals surface area contributed by atoms with E-state index in [1.165, 1.54) is 5.56 Å². The van der Waals surface area contributed by atoms with Crippen molar-refractivity contribution in [3.05, 3.63) is 45.9 Å². The third-order valence-corrected chi connectivity index (χ3v) is 4.36. The number of aliphatic hydroxyl groups is 1. The Kier molecular flexibility index (Phi) is 3.53. The van der Waals surface area contributed by atoms with Crippen molar-refractivity contribution in [3.63, 3.8) is 0 Å². The first-order valence-corrected chi connectivity index (χ1v) is 7.40. The molecule has 0 radical (unpaired) electrons. The number of aryl methyl sites for hydroxylation is 1. The lowest BCUT2D eigenvalue weighted by atomic mass is 9.90. The molecule has 0 amide bonds. The molecule has 4 heteroatoms. The van der Waals surface area contributed by atoms with E-state index in [4.69, 9.17) is 4.74 Å². The van der Waals surface area contributed by atoms with E-state index in [0.29, 0.717) is 13.0 Å². The molecule has 2 unspecified atom stereocenters. The van der Waals surface area contributed by atoms with Gasteiger partial charge >= 0.3 is 0 Å². The minimum absolute atomic E-state index is 0.150. The molecule has 2 aromatic rings. The van der Waals surface area contributed by atoms with Crippen LogP contribution in [0.1, 0.15) is 16.3 Å². The Morgan fingerprint density at radius 3 is 3.11 bits per heavy atom. The lowest BCUT2D eigenvalue weighted by Crippen LogP contribution is -2.33. The molecule has 100 valence electrons. The smallest absolute Gasteiger partial charge is 0.122 e. The second kappa shape index (κ2) is 5.31. The van der Waals surface area contributed by atoms with E-state index in [2.05, 4.69) is 11.1 Å². The fraction of sp³-hybridized carbons (Fsp3) is 0.400. The molecular formula is C15H17NO2S. The summed E-state index contributed by atoms with van der Waals surface area (Å²) < 4.78 is 5.72. The van der Waals surface area contributed by atoms with Crippen LogP contribution in [0.5, 0.6) is 5.75 Å². The monoisotopic (exact) mass is 275 g/mol. The van der Waals surface area contributed by atoms with E-state index in [9.17, 15) is 5.11 Å². The first-order valence-electron chi connectivity index (χ1n) is 6.52. The number of hydrogen-bond acceptors (Lipinski definition) is 4. The highest BCUT2D eigenvalue weighted by Crippen LogP contribution is 2.29. The van der Waals surface area contributed by atoms with Gasteiger partial charge in [-0.15, -0.1) is 11.3 Å². The molecule has 3 nitrogen and oxygen atoms in total. The van der Waals surface area contributed by atoms with Crippen molar-refractivity contribution in [1.82, 2.24) is 4.98 Å². The molecular weight excluding hydrogens is 258 g/mol. The lowest BCUT2D eigenvalue weighted by molar-refractivity contribution is 0.0647. The summed E-state index contributed by atoms with van der Waals surface area (Å²) >= 11 is 1.63. The van der Waals surface area contributed by atoms with Gasteiger partial charge in [-0.25, -0.2) is 4.98 Å². The molecule has 1 aliphatic rings. The van der Waals surface area contributed by atoms with Crippen molar-refractivity contribution in [3.8, 4) is 5.75 Å². The van der Waals surface area contributed by atoms with Crippen molar-refractivity contribution in [2.24, 2.45) is 5.92 Å². The quantitative estimate of drug-likeness (QED) is 0.936. The van der Waals surface area contributed by atoms with Crippen LogP contribution in [0.2, 0.25) is 0 Å². The maximum atomic E-state index is 10.3. The van der Waals surface area contributed by atoms with Crippen LogP contribution in [0.3, 0.4) is 0 Å². The minimum atomic E-state index is -0.394. The van der Waals surface area contributed by atoms with E-state index >= 15 is 0 Å². The first-order chi connectivity index (χ1) is 9.22. The van der Waals surface area contributed by atoms with E-state index in [1.54, 1.807) is 11.3 Å². The summed E-state index contributed by atoms with van der Waals surface area (Å²) in [6.45, 7) is 2.57. The fourth-order valence-corrected chi connectivity index (χ4v) is 3.11. The topological polar surface area (TPSA) is 42.4 Å². The molecule has 0 spiro atoms. The van der Waals surface area contributed by atoms with Gasteiger partial charge in [-0.05, 0) is 25.0 Å². The SMILES string of the molecule is Cc1nc(CC(O)C2COc3ccccc3C2)cs1. The van der Waals surface area contributed by atoms with Gasteiger partial charge in [0.05, 0.1) is 23.4 Å². The molecule has 0 fully saturated rings. The summed E-state index contributed by atoms with van der Waals surface area (Å²) in [7, 11) is 0. The average molecular weight is 275 g/mol. The number of benzene rings is 1. The van der Waals surface area contributed by atoms with Gasteiger partial charge in [0.15, 0.2) is 0 Å². The highest BCUT2D eigenvalue weighted by atomic mass is 32.1. The Balaban J connectivity index is 1.67. The van der Waals surface area contributed by atoms with Crippen LogP contribution in [-0.2, 0) is 12.8 Å². The number of aromatic nitrogens is 1. The predicted octanol–water partition coefficient (Wildman–Crippen LogP) is 2.61. The van der Waals surface area contributed by atoms with Gasteiger partial charge < -0.3 is 9.84 Å². The van der Waals surface area contributed by atoms with Gasteiger partial charge in [0, 0.05) is 17.7 Å². The van der Waals surface area contributed by atoms with E-state index in [-0.39, 0.29) is 5.92 Å². The highest BCUT2D eigenvalue weighted by Gasteiger charge is 2.26. The third-order valence-electron chi connectivity index (χ3n) is 3.54. The average Bonchev–Trinajstić information content (AvgIpc) is 2.83. The summed E-state index contributed by atoms with van der Waals surface area (Å²) in [5.41, 5.74) is 2.17. The number of para-hydroxylation sites is 1. The van der Waals surface area contributed by atoms with Crippen LogP contribution >= 0.6 is 11.3 Å². The number of thiazole rings is 1. The Morgan fingerprint density at radius 2 is 2.32 bits per heavy atom. The van der Waals surface area contributed by atoms with Crippen LogP contribution in [0.4, 0.5) is 0 Å². The molecule has 2 atom stereocenters. The molecule has 0 bridgehead atoms. The highest BCUT2D eigenvalue weighted by molar-refractivity contribution is 7.09. The first kappa shape index (κ1) is 12.6. The molecule has 1 aromatic carbocycles. The van der Waals surface area contributed by atoms with E-state index < -0.39 is 6.10 Å². The zero-order valence-electron chi connectivity index (χ0n) is 10.9. The standard InChI is InChI=1S/C15H17NO2S/c1-10-16-13(9-19-10)7-14(17)12-6-11-4-2-3-5-15(11)18-8-12/h2-5,9,12,14,17H,6-8H2,1H3. The maximum Gasteiger partial charge on any atom is 0.122 e. The summed E-state index contributed by atoms with van der Waals surface area (Å²) in [6.07, 6.45) is 1.09.